The van der Waals surface area contributed by atoms with Crippen molar-refractivity contribution in [2.24, 2.45) is 0 Å². The average Bonchev–Trinajstić information content (AvgIpc) is 1.00. The average molecular weight is 274 g/mol. The Morgan fingerprint density at radius 1 is 1.20 bits per heavy atom. The third-order valence-electron chi connectivity index (χ3n) is 0. The second-order valence-electron chi connectivity index (χ2n) is 0. The van der Waals surface area contributed by atoms with Crippen LogP contribution in [0.2, 0.25) is 0 Å². The van der Waals surface area contributed by atoms with Crippen molar-refractivity contribution >= 4 is 40.1 Å². The molecule has 5 heavy (non-hydrogen) atoms. The second kappa shape index (κ2) is 34.9. The summed E-state index contributed by atoms with van der Waals surface area (Å²) in [7, 11) is 0. The molecule has 31 valence electrons. The zero-order valence-electron chi connectivity index (χ0n) is 1.81. The number of hydrogen-bond acceptors (Lipinski definition) is 0. The zero-order valence-corrected chi connectivity index (χ0v) is 6.14. The van der Waals surface area contributed by atoms with E-state index in [2.05, 4.69) is 6.66 Å². The van der Waals surface area contributed by atoms with E-state index in [4.69, 9.17) is 0 Å². The van der Waals surface area contributed by atoms with E-state index in [1.165, 1.54) is 0 Å². The monoisotopic (exact) mass is 277 g/mol. The molecular weight excluding hydrogens is 269 g/mol. The van der Waals surface area contributed by atoms with Crippen LogP contribution in [0.25, 0.3) is 0 Å². The maximum atomic E-state index is 4.44. The summed E-state index contributed by atoms with van der Waals surface area (Å²) in [4.78, 5) is 0. The summed E-state index contributed by atoms with van der Waals surface area (Å²) in [6, 6.07) is 0. The van der Waals surface area contributed by atoms with Crippen molar-refractivity contribution in [2.45, 2.75) is 0 Å². The summed E-state index contributed by atoms with van der Waals surface area (Å²) in [5, 5.41) is 0. The molecule has 0 atom stereocenters. The molecule has 0 nitrogen and oxygen atoms in total. The smallest absolute Gasteiger partial charge is 0 e. The zero-order chi connectivity index (χ0) is 2.00. The van der Waals surface area contributed by atoms with Crippen molar-refractivity contribution in [2.75, 3.05) is 0 Å². The number of rotatable bonds is 0. The summed E-state index contributed by atoms with van der Waals surface area (Å²) in [6.07, 6.45) is 0. The van der Waals surface area contributed by atoms with Gasteiger partial charge >= 0.3 is 40.1 Å². The van der Waals surface area contributed by atoms with Crippen molar-refractivity contribution < 1.29 is 34.4 Å². The van der Waals surface area contributed by atoms with Gasteiger partial charge in [0.2, 0.25) is 0 Å². The summed E-state index contributed by atoms with van der Waals surface area (Å²) < 4.78 is 0. The molecule has 0 heterocycles. The van der Waals surface area contributed by atoms with Crippen LogP contribution in [0.1, 0.15) is 0 Å². The molecule has 0 N–H and O–H groups in total. The van der Waals surface area contributed by atoms with Gasteiger partial charge in [-0.3, -0.25) is 0 Å². The van der Waals surface area contributed by atoms with Gasteiger partial charge in [-0.05, 0) is 0 Å². The number of hydrogen-bond donors (Lipinski definition) is 0. The van der Waals surface area contributed by atoms with Gasteiger partial charge in [0.15, 0.2) is 0 Å². The molecule has 0 fully saturated rings. The quantitative estimate of drug-likeness (QED) is 0.429. The topological polar surface area (TPSA) is 0 Å². The Hall–Kier alpha value is 2.18. The fraction of sp³-hybridized carbons (Fsp3) is 0. The minimum atomic E-state index is 0. The molecule has 0 aliphatic carbocycles. The van der Waals surface area contributed by atoms with Crippen LogP contribution >= 0.6 is 0 Å². The molecule has 0 rings (SSSR count). The van der Waals surface area contributed by atoms with E-state index in [0.717, 1.165) is 0 Å². The molecule has 0 unspecified atom stereocenters. The van der Waals surface area contributed by atoms with Gasteiger partial charge in [-0.15, -0.1) is 0 Å². The Bertz CT molecular complexity index is 11.6. The van der Waals surface area contributed by atoms with Crippen LogP contribution < -0.4 is 0 Å². The molecule has 0 aromatic rings. The fourth-order valence-electron chi connectivity index (χ4n) is 0. The van der Waals surface area contributed by atoms with E-state index in [9.17, 15) is 0 Å². The maximum absolute atomic E-state index is 4.44. The SMILES string of the molecule is [B][SeH].[Cr].[GeH4].[Mn]. The molecule has 0 bridgehead atoms. The fourth-order valence-corrected chi connectivity index (χ4v) is 0. The first kappa shape index (κ1) is 27.1. The maximum Gasteiger partial charge on any atom is 0 e. The molecule has 5 heteroatoms. The van der Waals surface area contributed by atoms with Crippen LogP contribution in [0.5, 0.6) is 0 Å². The minimum Gasteiger partial charge on any atom is 0 e. The Labute approximate surface area is 73.9 Å². The van der Waals surface area contributed by atoms with E-state index < -0.39 is 0 Å². The first-order chi connectivity index (χ1) is 1.00. The van der Waals surface area contributed by atoms with E-state index in [-0.39, 0.29) is 52.0 Å². The van der Waals surface area contributed by atoms with Gasteiger partial charge < -0.3 is 0 Å². The molecule has 3 radical (unpaired) electrons. The summed E-state index contributed by atoms with van der Waals surface area (Å²) in [5.41, 5.74) is 0. The molecule has 0 saturated carbocycles. The molecule has 0 saturated heterocycles. The predicted octanol–water partition coefficient (Wildman–Crippen LogP) is -2.49. The molecule has 0 aromatic carbocycles. The van der Waals surface area contributed by atoms with Crippen molar-refractivity contribution in [3.05, 3.63) is 0 Å². The normalized spacial score (nSPS) is 1.00. The van der Waals surface area contributed by atoms with Gasteiger partial charge in [-0.1, -0.05) is 0 Å². The van der Waals surface area contributed by atoms with Crippen molar-refractivity contribution in [3.8, 4) is 0 Å². The van der Waals surface area contributed by atoms with Gasteiger partial charge in [0, 0.05) is 34.4 Å². The van der Waals surface area contributed by atoms with E-state index in [1.807, 2.05) is 15.8 Å². The molecule has 0 amide bonds. The molecular formula is H5BCrGeMnSe. The first-order valence-corrected chi connectivity index (χ1v) is 1.34. The molecule has 0 aliphatic heterocycles. The standard InChI is InChI=1S/BHSe.Cr.GeH4.Mn/c1-2;;;/h2H;;1H4;. The second-order valence-corrected chi connectivity index (χ2v) is 0. The van der Waals surface area contributed by atoms with Crippen molar-refractivity contribution in [3.63, 3.8) is 0 Å². The van der Waals surface area contributed by atoms with Crippen molar-refractivity contribution in [1.29, 1.82) is 0 Å². The van der Waals surface area contributed by atoms with Crippen LogP contribution in [-0.4, -0.2) is 40.1 Å². The van der Waals surface area contributed by atoms with Gasteiger partial charge in [-0.25, -0.2) is 0 Å². The predicted molar refractivity (Wildman–Crippen MR) is 24.2 cm³/mol. The summed E-state index contributed by atoms with van der Waals surface area (Å²) >= 11 is 1.81. The molecule has 0 spiro atoms. The third-order valence-corrected chi connectivity index (χ3v) is 0. The van der Waals surface area contributed by atoms with E-state index >= 15 is 0 Å². The Kier molecular flexibility index (Phi) is 189. The van der Waals surface area contributed by atoms with Crippen LogP contribution in [0.3, 0.4) is 0 Å². The van der Waals surface area contributed by atoms with Gasteiger partial charge in [0.1, 0.15) is 0 Å². The van der Waals surface area contributed by atoms with Gasteiger partial charge in [0.25, 0.3) is 0 Å². The van der Waals surface area contributed by atoms with Crippen LogP contribution in [0, 0.1) is 0 Å². The van der Waals surface area contributed by atoms with E-state index in [1.54, 1.807) is 0 Å². The van der Waals surface area contributed by atoms with Crippen LogP contribution in [0.15, 0.2) is 0 Å². The Balaban J connectivity index is -0.00000000167. The first-order valence-electron chi connectivity index (χ1n) is 0.258. The van der Waals surface area contributed by atoms with Crippen LogP contribution in [0.4, 0.5) is 0 Å². The third kappa shape index (κ3) is 22.7. The Morgan fingerprint density at radius 3 is 1.20 bits per heavy atom. The summed E-state index contributed by atoms with van der Waals surface area (Å²) in [5.74, 6) is 0. The minimum absolute atomic E-state index is 0. The molecule has 0 aromatic heterocycles. The largest absolute Gasteiger partial charge is 0 e. The Morgan fingerprint density at radius 2 is 1.20 bits per heavy atom. The summed E-state index contributed by atoms with van der Waals surface area (Å²) in [6.45, 7) is 4.44. The molecule has 0 aliphatic rings. The van der Waals surface area contributed by atoms with Crippen LogP contribution in [-0.2, 0) is 34.4 Å². The van der Waals surface area contributed by atoms with Crippen molar-refractivity contribution in [1.82, 2.24) is 0 Å². The van der Waals surface area contributed by atoms with Gasteiger partial charge in [0.05, 0.1) is 0 Å². The van der Waals surface area contributed by atoms with E-state index in [0.29, 0.717) is 0 Å². The van der Waals surface area contributed by atoms with Gasteiger partial charge in [-0.2, -0.15) is 0 Å².